The number of hydrogen-bond donors (Lipinski definition) is 1. The Bertz CT molecular complexity index is 230. The van der Waals surface area contributed by atoms with Crippen LogP contribution < -0.4 is 5.73 Å². The first-order chi connectivity index (χ1) is 6.19. The first-order valence-corrected chi connectivity index (χ1v) is 4.82. The van der Waals surface area contributed by atoms with E-state index in [0.717, 1.165) is 30.9 Å². The van der Waals surface area contributed by atoms with Crippen LogP contribution in [0.15, 0.2) is 16.8 Å². The molecule has 0 saturated carbocycles. The van der Waals surface area contributed by atoms with E-state index in [-0.39, 0.29) is 0 Å². The Morgan fingerprint density at radius 1 is 1.77 bits per heavy atom. The van der Waals surface area contributed by atoms with Gasteiger partial charge in [-0.25, -0.2) is 0 Å². The number of aliphatic imine (C=N–C) groups is 1. The molecule has 0 aromatic carbocycles. The standard InChI is InChI=1S/C10H19N3/c1-4-13-6-5-9(11)7-10(13)8(2)12-3/h7,10H,4-6,11H2,1-3H3/t10-/m1/s1. The van der Waals surface area contributed by atoms with Crippen LogP contribution in [0.2, 0.25) is 0 Å². The molecule has 13 heavy (non-hydrogen) atoms. The molecule has 1 heterocycles. The minimum atomic E-state index is 0.323. The molecule has 0 fully saturated rings. The highest BCUT2D eigenvalue weighted by Gasteiger charge is 2.21. The molecule has 0 saturated heterocycles. The first kappa shape index (κ1) is 10.3. The number of likely N-dealkylation sites (N-methyl/N-ethyl adjacent to an activating group) is 1. The number of nitrogens with zero attached hydrogens (tertiary/aromatic N) is 2. The highest BCUT2D eigenvalue weighted by molar-refractivity contribution is 5.89. The van der Waals surface area contributed by atoms with E-state index in [1.165, 1.54) is 0 Å². The molecule has 2 N–H and O–H groups in total. The summed E-state index contributed by atoms with van der Waals surface area (Å²) >= 11 is 0. The van der Waals surface area contributed by atoms with E-state index < -0.39 is 0 Å². The topological polar surface area (TPSA) is 41.6 Å². The van der Waals surface area contributed by atoms with Crippen LogP contribution in [0.1, 0.15) is 20.3 Å². The number of nitrogens with two attached hydrogens (primary N) is 1. The molecule has 0 bridgehead atoms. The molecule has 1 aliphatic heterocycles. The monoisotopic (exact) mass is 181 g/mol. The lowest BCUT2D eigenvalue weighted by atomic mass is 10.0. The van der Waals surface area contributed by atoms with Crippen molar-refractivity contribution in [2.45, 2.75) is 26.3 Å². The maximum atomic E-state index is 5.81. The second-order valence-electron chi connectivity index (χ2n) is 3.43. The van der Waals surface area contributed by atoms with Crippen LogP contribution in [-0.4, -0.2) is 36.8 Å². The van der Waals surface area contributed by atoms with Crippen molar-refractivity contribution < 1.29 is 0 Å². The van der Waals surface area contributed by atoms with Crippen LogP contribution in [0.25, 0.3) is 0 Å². The molecule has 0 amide bonds. The van der Waals surface area contributed by atoms with Gasteiger partial charge in [0.25, 0.3) is 0 Å². The van der Waals surface area contributed by atoms with Crippen molar-refractivity contribution in [3.05, 3.63) is 11.8 Å². The van der Waals surface area contributed by atoms with E-state index in [4.69, 9.17) is 5.73 Å². The van der Waals surface area contributed by atoms with Crippen molar-refractivity contribution in [3.8, 4) is 0 Å². The zero-order valence-corrected chi connectivity index (χ0v) is 8.75. The third-order valence-electron chi connectivity index (χ3n) is 2.64. The van der Waals surface area contributed by atoms with Gasteiger partial charge in [-0.2, -0.15) is 0 Å². The third kappa shape index (κ3) is 2.31. The van der Waals surface area contributed by atoms with Gasteiger partial charge in [0.05, 0.1) is 6.04 Å². The van der Waals surface area contributed by atoms with E-state index in [1.807, 2.05) is 7.05 Å². The fourth-order valence-corrected chi connectivity index (χ4v) is 1.68. The largest absolute Gasteiger partial charge is 0.402 e. The molecule has 1 aliphatic rings. The van der Waals surface area contributed by atoms with E-state index in [1.54, 1.807) is 0 Å². The summed E-state index contributed by atoms with van der Waals surface area (Å²) in [7, 11) is 1.84. The van der Waals surface area contributed by atoms with Crippen molar-refractivity contribution >= 4 is 5.71 Å². The second kappa shape index (κ2) is 4.42. The average molecular weight is 181 g/mol. The molecule has 0 aliphatic carbocycles. The van der Waals surface area contributed by atoms with E-state index in [2.05, 4.69) is 29.8 Å². The highest BCUT2D eigenvalue weighted by atomic mass is 15.2. The fraction of sp³-hybridized carbons (Fsp3) is 0.700. The molecule has 74 valence electrons. The SMILES string of the molecule is CCN1CCC(N)=C[C@@H]1C(C)=NC. The molecule has 0 unspecified atom stereocenters. The summed E-state index contributed by atoms with van der Waals surface area (Å²) in [6, 6.07) is 0.323. The minimum Gasteiger partial charge on any atom is -0.402 e. The summed E-state index contributed by atoms with van der Waals surface area (Å²) in [6.07, 6.45) is 3.11. The third-order valence-corrected chi connectivity index (χ3v) is 2.64. The highest BCUT2D eigenvalue weighted by Crippen LogP contribution is 2.14. The molecule has 0 spiro atoms. The lowest BCUT2D eigenvalue weighted by Gasteiger charge is -2.32. The Balaban J connectivity index is 2.81. The van der Waals surface area contributed by atoms with Crippen molar-refractivity contribution in [2.24, 2.45) is 10.7 Å². The molecule has 0 aromatic heterocycles. The maximum absolute atomic E-state index is 5.81. The van der Waals surface area contributed by atoms with Crippen molar-refractivity contribution in [2.75, 3.05) is 20.1 Å². The summed E-state index contributed by atoms with van der Waals surface area (Å²) in [5.74, 6) is 0. The molecule has 3 nitrogen and oxygen atoms in total. The van der Waals surface area contributed by atoms with Gasteiger partial charge < -0.3 is 5.73 Å². The summed E-state index contributed by atoms with van der Waals surface area (Å²) in [5.41, 5.74) is 7.95. The Morgan fingerprint density at radius 3 is 3.00 bits per heavy atom. The van der Waals surface area contributed by atoms with Crippen LogP contribution in [0.4, 0.5) is 0 Å². The normalized spacial score (nSPS) is 25.9. The second-order valence-corrected chi connectivity index (χ2v) is 3.43. The quantitative estimate of drug-likeness (QED) is 0.646. The van der Waals surface area contributed by atoms with Crippen LogP contribution in [0.5, 0.6) is 0 Å². The van der Waals surface area contributed by atoms with Gasteiger partial charge in [-0.05, 0) is 26.0 Å². The number of hydrogen-bond acceptors (Lipinski definition) is 3. The van der Waals surface area contributed by atoms with Gasteiger partial charge in [-0.1, -0.05) is 6.92 Å². The molecule has 1 rings (SSSR count). The Morgan fingerprint density at radius 2 is 2.46 bits per heavy atom. The molecule has 0 radical (unpaired) electrons. The van der Waals surface area contributed by atoms with Crippen molar-refractivity contribution in [3.63, 3.8) is 0 Å². The van der Waals surface area contributed by atoms with E-state index in [0.29, 0.717) is 6.04 Å². The van der Waals surface area contributed by atoms with Gasteiger partial charge in [-0.15, -0.1) is 0 Å². The van der Waals surface area contributed by atoms with E-state index >= 15 is 0 Å². The van der Waals surface area contributed by atoms with E-state index in [9.17, 15) is 0 Å². The fourth-order valence-electron chi connectivity index (χ4n) is 1.68. The summed E-state index contributed by atoms with van der Waals surface area (Å²) in [5, 5.41) is 0. The zero-order chi connectivity index (χ0) is 9.84. The van der Waals surface area contributed by atoms with Gasteiger partial charge >= 0.3 is 0 Å². The maximum Gasteiger partial charge on any atom is 0.0678 e. The lowest BCUT2D eigenvalue weighted by molar-refractivity contribution is 0.274. The molecule has 1 atom stereocenters. The smallest absolute Gasteiger partial charge is 0.0678 e. The minimum absolute atomic E-state index is 0.323. The summed E-state index contributed by atoms with van der Waals surface area (Å²) < 4.78 is 0. The Kier molecular flexibility index (Phi) is 3.48. The van der Waals surface area contributed by atoms with Crippen molar-refractivity contribution in [1.29, 1.82) is 0 Å². The van der Waals surface area contributed by atoms with Crippen molar-refractivity contribution in [1.82, 2.24) is 4.90 Å². The predicted octanol–water partition coefficient (Wildman–Crippen LogP) is 1.01. The van der Waals surface area contributed by atoms with Gasteiger partial charge in [0.15, 0.2) is 0 Å². The average Bonchev–Trinajstić information content (AvgIpc) is 2.16. The van der Waals surface area contributed by atoms with Crippen LogP contribution in [0, 0.1) is 0 Å². The van der Waals surface area contributed by atoms with Crippen LogP contribution in [-0.2, 0) is 0 Å². The molecule has 3 heteroatoms. The molecular formula is C10H19N3. The van der Waals surface area contributed by atoms with Gasteiger partial charge in [0.1, 0.15) is 0 Å². The zero-order valence-electron chi connectivity index (χ0n) is 8.75. The van der Waals surface area contributed by atoms with Crippen LogP contribution >= 0.6 is 0 Å². The Labute approximate surface area is 80.3 Å². The van der Waals surface area contributed by atoms with Gasteiger partial charge in [-0.3, -0.25) is 9.89 Å². The Hall–Kier alpha value is -0.830. The first-order valence-electron chi connectivity index (χ1n) is 4.82. The van der Waals surface area contributed by atoms with Crippen LogP contribution in [0.3, 0.4) is 0 Å². The van der Waals surface area contributed by atoms with Gasteiger partial charge in [0, 0.05) is 25.0 Å². The molecule has 0 aromatic rings. The number of rotatable bonds is 2. The summed E-state index contributed by atoms with van der Waals surface area (Å²) in [4.78, 5) is 6.61. The molecular weight excluding hydrogens is 162 g/mol. The van der Waals surface area contributed by atoms with Gasteiger partial charge in [0.2, 0.25) is 0 Å². The lowest BCUT2D eigenvalue weighted by Crippen LogP contribution is -2.43. The predicted molar refractivity (Wildman–Crippen MR) is 57.0 cm³/mol. The summed E-state index contributed by atoms with van der Waals surface area (Å²) in [6.45, 7) is 6.34.